The third-order valence-corrected chi connectivity index (χ3v) is 3.77. The summed E-state index contributed by atoms with van der Waals surface area (Å²) in [7, 11) is 0. The Balaban J connectivity index is 2.15. The first-order valence-corrected chi connectivity index (χ1v) is 7.29. The highest BCUT2D eigenvalue weighted by Gasteiger charge is 2.29. The van der Waals surface area contributed by atoms with Gasteiger partial charge < -0.3 is 9.84 Å². The van der Waals surface area contributed by atoms with Crippen LogP contribution in [0, 0.1) is 0 Å². The second-order valence-corrected chi connectivity index (χ2v) is 5.55. The van der Waals surface area contributed by atoms with Gasteiger partial charge in [-0.3, -0.25) is 0 Å². The number of rotatable bonds is 4. The second kappa shape index (κ2) is 6.32. The zero-order valence-corrected chi connectivity index (χ0v) is 11.8. The van der Waals surface area contributed by atoms with E-state index in [0.29, 0.717) is 17.9 Å². The van der Waals surface area contributed by atoms with E-state index in [9.17, 15) is 0 Å². The molecule has 2 rings (SSSR count). The summed E-state index contributed by atoms with van der Waals surface area (Å²) in [4.78, 5) is 4.59. The molecule has 2 unspecified atom stereocenters. The van der Waals surface area contributed by atoms with Crippen molar-refractivity contribution in [1.29, 1.82) is 0 Å². The van der Waals surface area contributed by atoms with Crippen molar-refractivity contribution in [3.63, 3.8) is 0 Å². The molecule has 0 saturated heterocycles. The van der Waals surface area contributed by atoms with E-state index in [4.69, 9.17) is 4.52 Å². The van der Waals surface area contributed by atoms with Crippen molar-refractivity contribution < 1.29 is 4.52 Å². The number of likely N-dealkylation sites (N-methyl/N-ethyl adjacent to an activating group) is 1. The summed E-state index contributed by atoms with van der Waals surface area (Å²) in [6, 6.07) is 0.498. The molecule has 0 aromatic carbocycles. The van der Waals surface area contributed by atoms with Crippen molar-refractivity contribution in [2.45, 2.75) is 70.8 Å². The molecule has 0 bridgehead atoms. The van der Waals surface area contributed by atoms with Gasteiger partial charge in [-0.05, 0) is 19.4 Å². The molecule has 1 aliphatic rings. The van der Waals surface area contributed by atoms with E-state index < -0.39 is 0 Å². The lowest BCUT2D eigenvalue weighted by molar-refractivity contribution is 0.304. The summed E-state index contributed by atoms with van der Waals surface area (Å²) < 4.78 is 5.50. The molecular formula is C14H25N3O. The minimum atomic E-state index is 0.339. The fourth-order valence-electron chi connectivity index (χ4n) is 2.74. The largest absolute Gasteiger partial charge is 0.339 e. The molecule has 1 N–H and O–H groups in total. The van der Waals surface area contributed by atoms with E-state index in [1.165, 1.54) is 25.7 Å². The van der Waals surface area contributed by atoms with Crippen molar-refractivity contribution in [1.82, 2.24) is 15.5 Å². The van der Waals surface area contributed by atoms with Crippen LogP contribution in [0.4, 0.5) is 0 Å². The van der Waals surface area contributed by atoms with Gasteiger partial charge in [0, 0.05) is 12.0 Å². The highest BCUT2D eigenvalue weighted by atomic mass is 16.5. The van der Waals surface area contributed by atoms with E-state index in [1.54, 1.807) is 0 Å². The maximum Gasteiger partial charge on any atom is 0.231 e. The molecule has 4 nitrogen and oxygen atoms in total. The van der Waals surface area contributed by atoms with Gasteiger partial charge in [0.05, 0.1) is 5.92 Å². The molecule has 18 heavy (non-hydrogen) atoms. The number of aromatic nitrogens is 2. The van der Waals surface area contributed by atoms with Gasteiger partial charge in [0.1, 0.15) is 0 Å². The first kappa shape index (κ1) is 13.5. The van der Waals surface area contributed by atoms with Crippen LogP contribution < -0.4 is 5.32 Å². The van der Waals surface area contributed by atoms with Gasteiger partial charge in [-0.1, -0.05) is 45.2 Å². The molecule has 1 fully saturated rings. The smallest absolute Gasteiger partial charge is 0.231 e. The predicted molar refractivity (Wildman–Crippen MR) is 71.7 cm³/mol. The van der Waals surface area contributed by atoms with Gasteiger partial charge in [-0.15, -0.1) is 0 Å². The standard InChI is InChI=1S/C14H25N3O/c1-4-15-12-9-7-5-6-8-11(12)14-16-13(10(2)3)17-18-14/h10-12,15H,4-9H2,1-3H3. The molecule has 0 aliphatic heterocycles. The van der Waals surface area contributed by atoms with Gasteiger partial charge in [0.25, 0.3) is 0 Å². The number of nitrogens with zero attached hydrogens (tertiary/aromatic N) is 2. The molecule has 102 valence electrons. The Hall–Kier alpha value is -0.900. The average Bonchev–Trinajstić information content (AvgIpc) is 2.72. The van der Waals surface area contributed by atoms with Gasteiger partial charge in [-0.2, -0.15) is 4.98 Å². The van der Waals surface area contributed by atoms with Crippen LogP contribution >= 0.6 is 0 Å². The Labute approximate surface area is 110 Å². The molecule has 0 radical (unpaired) electrons. The van der Waals surface area contributed by atoms with Crippen molar-refractivity contribution in [3.05, 3.63) is 11.7 Å². The summed E-state index contributed by atoms with van der Waals surface area (Å²) in [5.74, 6) is 2.41. The highest BCUT2D eigenvalue weighted by Crippen LogP contribution is 2.31. The van der Waals surface area contributed by atoms with Gasteiger partial charge >= 0.3 is 0 Å². The van der Waals surface area contributed by atoms with Crippen LogP contribution in [0.25, 0.3) is 0 Å². The molecule has 1 aromatic heterocycles. The quantitative estimate of drug-likeness (QED) is 0.835. The van der Waals surface area contributed by atoms with E-state index in [1.807, 2.05) is 0 Å². The molecule has 1 heterocycles. The van der Waals surface area contributed by atoms with E-state index >= 15 is 0 Å². The Morgan fingerprint density at radius 3 is 2.72 bits per heavy atom. The van der Waals surface area contributed by atoms with Crippen molar-refractivity contribution >= 4 is 0 Å². The summed E-state index contributed by atoms with van der Waals surface area (Å²) in [6.45, 7) is 7.37. The minimum Gasteiger partial charge on any atom is -0.339 e. The van der Waals surface area contributed by atoms with Gasteiger partial charge in [0.2, 0.25) is 5.89 Å². The molecule has 0 amide bonds. The zero-order valence-electron chi connectivity index (χ0n) is 11.8. The number of hydrogen-bond donors (Lipinski definition) is 1. The highest BCUT2D eigenvalue weighted by molar-refractivity contribution is 5.02. The monoisotopic (exact) mass is 251 g/mol. The van der Waals surface area contributed by atoms with E-state index in [0.717, 1.165) is 24.7 Å². The molecule has 0 spiro atoms. The molecule has 4 heteroatoms. The summed E-state index contributed by atoms with van der Waals surface area (Å²) >= 11 is 0. The topological polar surface area (TPSA) is 51.0 Å². The molecule has 1 aliphatic carbocycles. The van der Waals surface area contributed by atoms with Crippen LogP contribution in [-0.2, 0) is 0 Å². The van der Waals surface area contributed by atoms with Crippen molar-refractivity contribution in [2.75, 3.05) is 6.54 Å². The third-order valence-electron chi connectivity index (χ3n) is 3.77. The van der Waals surface area contributed by atoms with Crippen LogP contribution in [0.3, 0.4) is 0 Å². The normalized spacial score (nSPS) is 25.3. The van der Waals surface area contributed by atoms with Gasteiger partial charge in [0.15, 0.2) is 5.82 Å². The van der Waals surface area contributed by atoms with E-state index in [2.05, 4.69) is 36.2 Å². The van der Waals surface area contributed by atoms with Gasteiger partial charge in [-0.25, -0.2) is 0 Å². The molecule has 2 atom stereocenters. The van der Waals surface area contributed by atoms with Crippen LogP contribution in [0.1, 0.15) is 76.4 Å². The SMILES string of the molecule is CCNC1CCCCCC1c1nc(C(C)C)no1. The lowest BCUT2D eigenvalue weighted by Gasteiger charge is -2.22. The van der Waals surface area contributed by atoms with Crippen molar-refractivity contribution in [2.24, 2.45) is 0 Å². The maximum absolute atomic E-state index is 5.50. The summed E-state index contributed by atoms with van der Waals surface area (Å²) in [6.07, 6.45) is 6.28. The first-order chi connectivity index (χ1) is 8.72. The Morgan fingerprint density at radius 2 is 2.06 bits per heavy atom. The van der Waals surface area contributed by atoms with Crippen molar-refractivity contribution in [3.8, 4) is 0 Å². The molecule has 1 saturated carbocycles. The molecular weight excluding hydrogens is 226 g/mol. The lowest BCUT2D eigenvalue weighted by atomic mass is 9.94. The van der Waals surface area contributed by atoms with E-state index in [-0.39, 0.29) is 0 Å². The Morgan fingerprint density at radius 1 is 1.28 bits per heavy atom. The zero-order chi connectivity index (χ0) is 13.0. The predicted octanol–water partition coefficient (Wildman–Crippen LogP) is 3.22. The van der Waals surface area contributed by atoms with Crippen LogP contribution in [0.2, 0.25) is 0 Å². The summed E-state index contributed by atoms with van der Waals surface area (Å²) in [5.41, 5.74) is 0. The van der Waals surface area contributed by atoms with Crippen LogP contribution in [0.5, 0.6) is 0 Å². The van der Waals surface area contributed by atoms with Crippen LogP contribution in [-0.4, -0.2) is 22.7 Å². The van der Waals surface area contributed by atoms with Crippen LogP contribution in [0.15, 0.2) is 4.52 Å². The second-order valence-electron chi connectivity index (χ2n) is 5.55. The first-order valence-electron chi connectivity index (χ1n) is 7.29. The summed E-state index contributed by atoms with van der Waals surface area (Å²) in [5, 5.41) is 7.69. The molecule has 1 aromatic rings. The fraction of sp³-hybridized carbons (Fsp3) is 0.857. The minimum absolute atomic E-state index is 0.339. The Bertz CT molecular complexity index is 362. The number of nitrogens with one attached hydrogen (secondary N) is 1. The number of hydrogen-bond acceptors (Lipinski definition) is 4. The maximum atomic E-state index is 5.50. The third kappa shape index (κ3) is 3.10. The fourth-order valence-corrected chi connectivity index (χ4v) is 2.74. The lowest BCUT2D eigenvalue weighted by Crippen LogP contribution is -2.34. The average molecular weight is 251 g/mol. The Kier molecular flexibility index (Phi) is 4.75.